The number of methoxy groups -OCH3 is 1. The molecular formula is C18H34N3O+. The molecule has 0 fully saturated rings. The minimum atomic E-state index is -0.564. The third-order valence-electron chi connectivity index (χ3n) is 4.37. The van der Waals surface area contributed by atoms with Crippen molar-refractivity contribution in [1.82, 2.24) is 5.32 Å². The van der Waals surface area contributed by atoms with Gasteiger partial charge < -0.3 is 4.74 Å². The van der Waals surface area contributed by atoms with Crippen LogP contribution < -0.4 is 5.32 Å². The fourth-order valence-corrected chi connectivity index (χ4v) is 2.50. The summed E-state index contributed by atoms with van der Waals surface area (Å²) < 4.78 is 7.49. The Balaban J connectivity index is 5.94. The van der Waals surface area contributed by atoms with Crippen LogP contribution in [0.4, 0.5) is 0 Å². The molecule has 3 unspecified atom stereocenters. The zero-order valence-corrected chi connectivity index (χ0v) is 15.4. The van der Waals surface area contributed by atoms with E-state index in [9.17, 15) is 0 Å². The normalized spacial score (nSPS) is 17.0. The van der Waals surface area contributed by atoms with Crippen LogP contribution in [0.1, 0.15) is 41.5 Å². The highest BCUT2D eigenvalue weighted by Crippen LogP contribution is 2.32. The van der Waals surface area contributed by atoms with Crippen LogP contribution in [0.25, 0.3) is 0 Å². The molecule has 0 aromatic rings. The monoisotopic (exact) mass is 308 g/mol. The van der Waals surface area contributed by atoms with E-state index < -0.39 is 5.54 Å². The van der Waals surface area contributed by atoms with Crippen LogP contribution in [-0.4, -0.2) is 42.0 Å². The van der Waals surface area contributed by atoms with Crippen LogP contribution in [0, 0.1) is 17.2 Å². The van der Waals surface area contributed by atoms with E-state index in [-0.39, 0.29) is 24.1 Å². The minimum absolute atomic E-state index is 0.0119. The van der Waals surface area contributed by atoms with Crippen molar-refractivity contribution in [2.45, 2.75) is 59.4 Å². The van der Waals surface area contributed by atoms with Gasteiger partial charge >= 0.3 is 0 Å². The molecule has 2 N–H and O–H groups in total. The third-order valence-corrected chi connectivity index (χ3v) is 4.37. The van der Waals surface area contributed by atoms with Crippen molar-refractivity contribution >= 4 is 12.6 Å². The van der Waals surface area contributed by atoms with Crippen LogP contribution in [-0.2, 0) is 4.74 Å². The van der Waals surface area contributed by atoms with Crippen molar-refractivity contribution in [2.75, 3.05) is 7.11 Å². The van der Waals surface area contributed by atoms with Gasteiger partial charge in [-0.2, -0.15) is 0 Å². The van der Waals surface area contributed by atoms with E-state index in [1.54, 1.807) is 17.8 Å². The molecule has 4 heteroatoms. The molecule has 0 aromatic heterocycles. The molecular weight excluding hydrogens is 274 g/mol. The number of nitrogens with one attached hydrogen (secondary N) is 2. The Morgan fingerprint density at radius 1 is 1.27 bits per heavy atom. The predicted octanol–water partition coefficient (Wildman–Crippen LogP) is 3.44. The first-order chi connectivity index (χ1) is 10.0. The summed E-state index contributed by atoms with van der Waals surface area (Å²) in [5, 5.41) is 11.8. The molecule has 3 atom stereocenters. The summed E-state index contributed by atoms with van der Waals surface area (Å²) in [7, 11) is 1.68. The highest BCUT2D eigenvalue weighted by atomic mass is 16.5. The second kappa shape index (κ2) is 8.39. The summed E-state index contributed by atoms with van der Waals surface area (Å²) in [5.41, 5.74) is 0.339. The van der Waals surface area contributed by atoms with Gasteiger partial charge in [0.05, 0.1) is 12.6 Å². The quantitative estimate of drug-likeness (QED) is 0.225. The van der Waals surface area contributed by atoms with E-state index in [0.717, 1.165) is 5.57 Å². The minimum Gasteiger partial charge on any atom is -0.362 e. The molecule has 0 aliphatic rings. The topological polar surface area (TPSA) is 48.1 Å². The lowest BCUT2D eigenvalue weighted by molar-refractivity contribution is -0.528. The number of allylic oxidation sites excluding steroid dienone is 1. The van der Waals surface area contributed by atoms with Crippen molar-refractivity contribution in [1.29, 1.82) is 5.41 Å². The molecule has 22 heavy (non-hydrogen) atoms. The number of hydrogen-bond acceptors (Lipinski definition) is 3. The summed E-state index contributed by atoms with van der Waals surface area (Å²) in [6.45, 7) is 24.3. The van der Waals surface area contributed by atoms with Crippen molar-refractivity contribution in [3.63, 3.8) is 0 Å². The maximum Gasteiger partial charge on any atom is 0.292 e. The summed E-state index contributed by atoms with van der Waals surface area (Å²) in [5.74, 6) is 0.564. The summed E-state index contributed by atoms with van der Waals surface area (Å²) in [4.78, 5) is 0. The Hall–Kier alpha value is -1.26. The predicted molar refractivity (Wildman–Crippen MR) is 95.9 cm³/mol. The lowest BCUT2D eigenvalue weighted by atomic mass is 9.79. The van der Waals surface area contributed by atoms with E-state index >= 15 is 0 Å². The van der Waals surface area contributed by atoms with E-state index in [1.165, 1.54) is 0 Å². The fourth-order valence-electron chi connectivity index (χ4n) is 2.50. The van der Waals surface area contributed by atoms with Crippen LogP contribution in [0.15, 0.2) is 24.8 Å². The second-order valence-electron chi connectivity index (χ2n) is 6.63. The first-order valence-electron chi connectivity index (χ1n) is 7.83. The van der Waals surface area contributed by atoms with Gasteiger partial charge in [-0.3, -0.25) is 5.32 Å². The number of hydrogen-bond donors (Lipinski definition) is 2. The fraction of sp³-hybridized carbons (Fsp3) is 0.667. The van der Waals surface area contributed by atoms with E-state index in [1.807, 2.05) is 13.8 Å². The Morgan fingerprint density at radius 2 is 1.77 bits per heavy atom. The summed E-state index contributed by atoms with van der Waals surface area (Å²) in [6, 6.07) is 0.245. The SMILES string of the molecule is C=CC(=C)C(C)C(C)(C(NC(C)C)OC)[N+](=C)C(=N)C(C)C. The molecule has 0 rings (SSSR count). The van der Waals surface area contributed by atoms with Crippen LogP contribution >= 0.6 is 0 Å². The Labute approximate surface area is 136 Å². The molecule has 0 aliphatic carbocycles. The zero-order valence-electron chi connectivity index (χ0n) is 15.4. The smallest absolute Gasteiger partial charge is 0.292 e. The van der Waals surface area contributed by atoms with Gasteiger partial charge in [0, 0.05) is 19.1 Å². The number of nitrogens with zero attached hydrogens (tertiary/aromatic N) is 1. The molecule has 126 valence electrons. The Morgan fingerprint density at radius 3 is 2.09 bits per heavy atom. The van der Waals surface area contributed by atoms with Gasteiger partial charge in [0.2, 0.25) is 0 Å². The van der Waals surface area contributed by atoms with Gasteiger partial charge in [0.25, 0.3) is 5.84 Å². The van der Waals surface area contributed by atoms with Gasteiger partial charge in [-0.1, -0.05) is 40.0 Å². The van der Waals surface area contributed by atoms with Crippen molar-refractivity contribution in [2.24, 2.45) is 11.8 Å². The average molecular weight is 308 g/mol. The highest BCUT2D eigenvalue weighted by molar-refractivity contribution is 5.74. The molecule has 0 aliphatic heterocycles. The lowest BCUT2D eigenvalue weighted by Crippen LogP contribution is -2.63. The van der Waals surface area contributed by atoms with Gasteiger partial charge in [0.1, 0.15) is 0 Å². The molecule has 0 saturated carbocycles. The van der Waals surface area contributed by atoms with Crippen molar-refractivity contribution in [3.05, 3.63) is 24.8 Å². The molecule has 0 amide bonds. The number of rotatable bonds is 9. The van der Waals surface area contributed by atoms with Crippen molar-refractivity contribution < 1.29 is 9.31 Å². The molecule has 4 nitrogen and oxygen atoms in total. The van der Waals surface area contributed by atoms with Gasteiger partial charge in [-0.15, -0.1) is 5.41 Å². The summed E-state index contributed by atoms with van der Waals surface area (Å²) >= 11 is 0. The maximum absolute atomic E-state index is 8.37. The van der Waals surface area contributed by atoms with Gasteiger partial charge in [0.15, 0.2) is 11.8 Å². The van der Waals surface area contributed by atoms with Gasteiger partial charge in [-0.05, 0) is 26.3 Å². The third kappa shape index (κ3) is 4.37. The molecule has 0 saturated heterocycles. The van der Waals surface area contributed by atoms with Crippen LogP contribution in [0.2, 0.25) is 0 Å². The molecule has 0 spiro atoms. The average Bonchev–Trinajstić information content (AvgIpc) is 2.48. The Bertz CT molecular complexity index is 440. The standard InChI is InChI=1S/C18H34N3O/c1-11-14(6)15(7)18(8,17(22-10)20-13(4)5)21(9)16(19)12(2)3/h11-13,15,17,19-20H,1,6,9H2,2-5,7-8,10H3/q+1. The van der Waals surface area contributed by atoms with Crippen LogP contribution in [0.5, 0.6) is 0 Å². The van der Waals surface area contributed by atoms with Crippen molar-refractivity contribution in [3.8, 4) is 0 Å². The number of amidine groups is 1. The first-order valence-corrected chi connectivity index (χ1v) is 7.83. The van der Waals surface area contributed by atoms with Crippen LogP contribution in [0.3, 0.4) is 0 Å². The largest absolute Gasteiger partial charge is 0.362 e. The van der Waals surface area contributed by atoms with E-state index in [4.69, 9.17) is 10.1 Å². The second-order valence-corrected chi connectivity index (χ2v) is 6.63. The van der Waals surface area contributed by atoms with E-state index in [2.05, 4.69) is 52.9 Å². The molecule has 0 aromatic carbocycles. The zero-order chi connectivity index (χ0) is 17.7. The highest BCUT2D eigenvalue weighted by Gasteiger charge is 2.48. The summed E-state index contributed by atoms with van der Waals surface area (Å²) in [6.07, 6.45) is 1.47. The molecule has 0 radical (unpaired) electrons. The van der Waals surface area contributed by atoms with Gasteiger partial charge in [-0.25, -0.2) is 4.58 Å². The number of ether oxygens (including phenoxy) is 1. The molecule has 0 bridgehead atoms. The maximum atomic E-state index is 8.37. The lowest BCUT2D eigenvalue weighted by Gasteiger charge is -2.42. The Kier molecular flexibility index (Phi) is 7.91. The first kappa shape index (κ1) is 20.7. The molecule has 0 heterocycles. The van der Waals surface area contributed by atoms with E-state index in [0.29, 0.717) is 5.84 Å².